The Morgan fingerprint density at radius 1 is 1.05 bits per heavy atom. The molecule has 2 aromatic carbocycles. The summed E-state index contributed by atoms with van der Waals surface area (Å²) in [6.07, 6.45) is -0.306. The van der Waals surface area contributed by atoms with Crippen molar-refractivity contribution in [2.75, 3.05) is 0 Å². The van der Waals surface area contributed by atoms with Crippen LogP contribution in [0.1, 0.15) is 22.0 Å². The molecular formula is C15H10Br2O2. The highest BCUT2D eigenvalue weighted by molar-refractivity contribution is 9.10. The van der Waals surface area contributed by atoms with Gasteiger partial charge >= 0.3 is 0 Å². The van der Waals surface area contributed by atoms with Crippen molar-refractivity contribution in [3.63, 3.8) is 0 Å². The smallest absolute Gasteiger partial charge is 0.184 e. The first-order valence-electron chi connectivity index (χ1n) is 5.86. The van der Waals surface area contributed by atoms with Crippen LogP contribution in [-0.2, 0) is 0 Å². The zero-order chi connectivity index (χ0) is 13.4. The maximum Gasteiger partial charge on any atom is 0.184 e. The molecular weight excluding hydrogens is 372 g/mol. The van der Waals surface area contributed by atoms with Gasteiger partial charge in [-0.1, -0.05) is 56.1 Å². The number of Topliss-reactive ketones (excluding diaryl/α,β-unsaturated/α-hetero) is 1. The molecule has 2 atom stereocenters. The number of halogens is 2. The van der Waals surface area contributed by atoms with Crippen LogP contribution in [0.4, 0.5) is 0 Å². The molecule has 0 saturated carbocycles. The van der Waals surface area contributed by atoms with Gasteiger partial charge in [0, 0.05) is 4.47 Å². The van der Waals surface area contributed by atoms with E-state index in [0.29, 0.717) is 11.3 Å². The van der Waals surface area contributed by atoms with Gasteiger partial charge < -0.3 is 4.74 Å². The van der Waals surface area contributed by atoms with Crippen molar-refractivity contribution in [1.29, 1.82) is 0 Å². The van der Waals surface area contributed by atoms with E-state index >= 15 is 0 Å². The number of rotatable bonds is 1. The van der Waals surface area contributed by atoms with Gasteiger partial charge in [0.15, 0.2) is 5.78 Å². The first-order chi connectivity index (χ1) is 9.16. The fourth-order valence-corrected chi connectivity index (χ4v) is 3.25. The average molecular weight is 382 g/mol. The van der Waals surface area contributed by atoms with Crippen LogP contribution in [0.5, 0.6) is 5.75 Å². The molecule has 4 heteroatoms. The van der Waals surface area contributed by atoms with Gasteiger partial charge in [-0.05, 0) is 29.8 Å². The van der Waals surface area contributed by atoms with Crippen molar-refractivity contribution in [2.24, 2.45) is 0 Å². The monoisotopic (exact) mass is 380 g/mol. The number of ketones is 1. The van der Waals surface area contributed by atoms with Crippen molar-refractivity contribution in [1.82, 2.24) is 0 Å². The molecule has 0 N–H and O–H groups in total. The highest BCUT2D eigenvalue weighted by atomic mass is 79.9. The second-order valence-electron chi connectivity index (χ2n) is 4.36. The Kier molecular flexibility index (Phi) is 3.46. The van der Waals surface area contributed by atoms with Crippen molar-refractivity contribution in [3.05, 3.63) is 64.1 Å². The zero-order valence-corrected chi connectivity index (χ0v) is 13.0. The minimum absolute atomic E-state index is 0.0619. The molecule has 0 fully saturated rings. The van der Waals surface area contributed by atoms with E-state index in [4.69, 9.17) is 4.74 Å². The van der Waals surface area contributed by atoms with Gasteiger partial charge in [-0.15, -0.1) is 0 Å². The largest absolute Gasteiger partial charge is 0.483 e. The quantitative estimate of drug-likeness (QED) is 0.678. The molecule has 1 heterocycles. The van der Waals surface area contributed by atoms with Crippen molar-refractivity contribution in [3.8, 4) is 5.75 Å². The Morgan fingerprint density at radius 2 is 1.84 bits per heavy atom. The second kappa shape index (κ2) is 5.10. The van der Waals surface area contributed by atoms with E-state index in [9.17, 15) is 4.79 Å². The predicted molar refractivity (Wildman–Crippen MR) is 81.0 cm³/mol. The molecule has 3 rings (SSSR count). The third-order valence-corrected chi connectivity index (χ3v) is 4.49. The lowest BCUT2D eigenvalue weighted by Gasteiger charge is -2.29. The van der Waals surface area contributed by atoms with Crippen molar-refractivity contribution in [2.45, 2.75) is 10.9 Å². The Balaban J connectivity index is 2.04. The summed E-state index contributed by atoms with van der Waals surface area (Å²) in [4.78, 5) is 12.0. The standard InChI is InChI=1S/C15H10Br2O2/c16-10-5-3-4-9(8-10)15-13(17)14(18)11-6-1-2-7-12(11)19-15/h1-8,13,15H. The number of carbonyl (C=O) groups excluding carboxylic acids is 1. The Morgan fingerprint density at radius 3 is 2.63 bits per heavy atom. The number of carbonyl (C=O) groups is 1. The Bertz CT molecular complexity index is 640. The lowest BCUT2D eigenvalue weighted by molar-refractivity contribution is 0.0873. The summed E-state index contributed by atoms with van der Waals surface area (Å²) in [6, 6.07) is 15.2. The van der Waals surface area contributed by atoms with Crippen LogP contribution in [0, 0.1) is 0 Å². The molecule has 1 aliphatic heterocycles. The van der Waals surface area contributed by atoms with E-state index in [1.807, 2.05) is 42.5 Å². The molecule has 1 aliphatic rings. The molecule has 0 aromatic heterocycles. The normalized spacial score (nSPS) is 21.7. The minimum atomic E-state index is -0.364. The molecule has 0 amide bonds. The third kappa shape index (κ3) is 2.35. The van der Waals surface area contributed by atoms with Crippen LogP contribution < -0.4 is 4.74 Å². The number of para-hydroxylation sites is 1. The topological polar surface area (TPSA) is 26.3 Å². The van der Waals surface area contributed by atoms with Crippen LogP contribution in [-0.4, -0.2) is 10.6 Å². The summed E-state index contributed by atoms with van der Waals surface area (Å²) >= 11 is 6.90. The summed E-state index contributed by atoms with van der Waals surface area (Å²) in [6.45, 7) is 0. The zero-order valence-electron chi connectivity index (χ0n) is 9.85. The number of hydrogen-bond donors (Lipinski definition) is 0. The Labute approximate surface area is 128 Å². The highest BCUT2D eigenvalue weighted by Gasteiger charge is 2.36. The molecule has 0 radical (unpaired) electrons. The SMILES string of the molecule is O=C1c2ccccc2OC(c2cccc(Br)c2)C1Br. The maximum absolute atomic E-state index is 12.3. The number of hydrogen-bond acceptors (Lipinski definition) is 2. The first kappa shape index (κ1) is 12.9. The van der Waals surface area contributed by atoms with Gasteiger partial charge in [0.1, 0.15) is 16.7 Å². The van der Waals surface area contributed by atoms with Gasteiger partial charge in [0.2, 0.25) is 0 Å². The molecule has 0 spiro atoms. The van der Waals surface area contributed by atoms with Crippen molar-refractivity contribution >= 4 is 37.6 Å². The van der Waals surface area contributed by atoms with E-state index in [0.717, 1.165) is 10.0 Å². The fourth-order valence-electron chi connectivity index (χ4n) is 2.18. The van der Waals surface area contributed by atoms with Crippen LogP contribution in [0.3, 0.4) is 0 Å². The molecule has 2 unspecified atom stereocenters. The van der Waals surface area contributed by atoms with Crippen LogP contribution >= 0.6 is 31.9 Å². The minimum Gasteiger partial charge on any atom is -0.483 e. The van der Waals surface area contributed by atoms with Gasteiger partial charge in [0.05, 0.1) is 5.56 Å². The summed E-state index contributed by atoms with van der Waals surface area (Å²) in [5, 5.41) is 0. The van der Waals surface area contributed by atoms with E-state index < -0.39 is 0 Å². The number of alkyl halides is 1. The van der Waals surface area contributed by atoms with Gasteiger partial charge in [0.25, 0.3) is 0 Å². The van der Waals surface area contributed by atoms with Gasteiger partial charge in [-0.2, -0.15) is 0 Å². The van der Waals surface area contributed by atoms with E-state index in [-0.39, 0.29) is 16.7 Å². The molecule has 19 heavy (non-hydrogen) atoms. The molecule has 0 aliphatic carbocycles. The van der Waals surface area contributed by atoms with E-state index in [1.54, 1.807) is 6.07 Å². The second-order valence-corrected chi connectivity index (χ2v) is 6.26. The van der Waals surface area contributed by atoms with Crippen LogP contribution in [0.25, 0.3) is 0 Å². The summed E-state index contributed by atoms with van der Waals surface area (Å²) in [5.74, 6) is 0.708. The number of benzene rings is 2. The summed E-state index contributed by atoms with van der Waals surface area (Å²) in [5.41, 5.74) is 1.61. The first-order valence-corrected chi connectivity index (χ1v) is 7.57. The van der Waals surface area contributed by atoms with Crippen LogP contribution in [0.15, 0.2) is 53.0 Å². The maximum atomic E-state index is 12.3. The lowest BCUT2D eigenvalue weighted by atomic mass is 9.96. The number of ether oxygens (including phenoxy) is 1. The fraction of sp³-hybridized carbons (Fsp3) is 0.133. The van der Waals surface area contributed by atoms with E-state index in [1.165, 1.54) is 0 Å². The van der Waals surface area contributed by atoms with Gasteiger partial charge in [-0.25, -0.2) is 0 Å². The summed E-state index contributed by atoms with van der Waals surface area (Å²) < 4.78 is 6.94. The van der Waals surface area contributed by atoms with E-state index in [2.05, 4.69) is 31.9 Å². The molecule has 2 nitrogen and oxygen atoms in total. The van der Waals surface area contributed by atoms with Gasteiger partial charge in [-0.3, -0.25) is 4.79 Å². The molecule has 0 bridgehead atoms. The van der Waals surface area contributed by atoms with Crippen molar-refractivity contribution < 1.29 is 9.53 Å². The highest BCUT2D eigenvalue weighted by Crippen LogP contribution is 2.38. The molecule has 96 valence electrons. The number of fused-ring (bicyclic) bond motifs is 1. The molecule has 0 saturated heterocycles. The summed E-state index contributed by atoms with van der Waals surface area (Å²) in [7, 11) is 0. The third-order valence-electron chi connectivity index (χ3n) is 3.10. The Hall–Kier alpha value is -1.13. The average Bonchev–Trinajstić information content (AvgIpc) is 2.43. The molecule has 2 aromatic rings. The predicted octanol–water partition coefficient (Wildman–Crippen LogP) is 4.53. The van der Waals surface area contributed by atoms with Crippen LogP contribution in [0.2, 0.25) is 0 Å². The lowest BCUT2D eigenvalue weighted by Crippen LogP contribution is -2.31.